The number of rotatable bonds is 5. The molecule has 6 heteroatoms. The van der Waals surface area contributed by atoms with Gasteiger partial charge < -0.3 is 14.0 Å². The van der Waals surface area contributed by atoms with E-state index in [1.165, 1.54) is 16.9 Å². The quantitative estimate of drug-likeness (QED) is 0.617. The van der Waals surface area contributed by atoms with E-state index in [2.05, 4.69) is 30.6 Å². The monoisotopic (exact) mass is 394 g/mol. The summed E-state index contributed by atoms with van der Waals surface area (Å²) in [4.78, 5) is 17.6. The maximum atomic E-state index is 12.6. The molecule has 0 bridgehead atoms. The van der Waals surface area contributed by atoms with Crippen LogP contribution in [0.25, 0.3) is 10.2 Å². The van der Waals surface area contributed by atoms with E-state index >= 15 is 0 Å². The van der Waals surface area contributed by atoms with Crippen LogP contribution in [0.1, 0.15) is 18.1 Å². The minimum atomic E-state index is -0.161. The predicted octanol–water partition coefficient (Wildman–Crippen LogP) is 3.89. The zero-order valence-corrected chi connectivity index (χ0v) is 16.6. The van der Waals surface area contributed by atoms with Crippen molar-refractivity contribution in [2.45, 2.75) is 26.3 Å². The van der Waals surface area contributed by atoms with Crippen LogP contribution in [-0.4, -0.2) is 23.7 Å². The highest BCUT2D eigenvalue weighted by molar-refractivity contribution is 7.16. The molecule has 2 heterocycles. The second kappa shape index (κ2) is 8.02. The Labute approximate surface area is 167 Å². The highest BCUT2D eigenvalue weighted by Gasteiger charge is 2.16. The minimum Gasteiger partial charge on any atom is -0.486 e. The second-order valence-corrected chi connectivity index (χ2v) is 7.61. The van der Waals surface area contributed by atoms with Gasteiger partial charge in [0.15, 0.2) is 16.3 Å². The first kappa shape index (κ1) is 18.5. The van der Waals surface area contributed by atoms with Crippen LogP contribution in [0.4, 0.5) is 0 Å². The lowest BCUT2D eigenvalue weighted by atomic mass is 10.1. The molecule has 0 unspecified atom stereocenters. The van der Waals surface area contributed by atoms with Gasteiger partial charge in [-0.05, 0) is 17.5 Å². The summed E-state index contributed by atoms with van der Waals surface area (Å²) in [7, 11) is 0. The lowest BCUT2D eigenvalue weighted by Gasteiger charge is -2.18. The Morgan fingerprint density at radius 1 is 1.18 bits per heavy atom. The van der Waals surface area contributed by atoms with Gasteiger partial charge >= 0.3 is 0 Å². The average Bonchev–Trinajstić information content (AvgIpc) is 3.03. The van der Waals surface area contributed by atoms with Crippen molar-refractivity contribution >= 4 is 27.5 Å². The van der Waals surface area contributed by atoms with Crippen molar-refractivity contribution in [3.05, 3.63) is 65.0 Å². The molecule has 0 N–H and O–H groups in total. The lowest BCUT2D eigenvalue weighted by Crippen LogP contribution is -2.17. The molecule has 28 heavy (non-hydrogen) atoms. The first-order valence-corrected chi connectivity index (χ1v) is 10.2. The molecule has 4 rings (SSSR count). The van der Waals surface area contributed by atoms with Crippen molar-refractivity contribution in [3.8, 4) is 11.5 Å². The summed E-state index contributed by atoms with van der Waals surface area (Å²) in [6.07, 6.45) is 3.07. The molecule has 5 nitrogen and oxygen atoms in total. The summed E-state index contributed by atoms with van der Waals surface area (Å²) >= 11 is 1.47. The molecule has 3 aromatic rings. The van der Waals surface area contributed by atoms with E-state index in [1.807, 2.05) is 28.8 Å². The van der Waals surface area contributed by atoms with Crippen molar-refractivity contribution in [3.63, 3.8) is 0 Å². The lowest BCUT2D eigenvalue weighted by molar-refractivity contribution is -0.117. The minimum absolute atomic E-state index is 0.161. The summed E-state index contributed by atoms with van der Waals surface area (Å²) in [5.74, 6) is 1.30. The Hall–Kier alpha value is -2.86. The fourth-order valence-electron chi connectivity index (χ4n) is 3.21. The first-order chi connectivity index (χ1) is 13.7. The van der Waals surface area contributed by atoms with E-state index in [4.69, 9.17) is 9.47 Å². The van der Waals surface area contributed by atoms with E-state index in [0.717, 1.165) is 33.7 Å². The number of carbonyl (C=O) groups is 1. The summed E-state index contributed by atoms with van der Waals surface area (Å²) in [5.41, 5.74) is 3.20. The van der Waals surface area contributed by atoms with Crippen LogP contribution < -0.4 is 14.3 Å². The Bertz CT molecular complexity index is 1090. The number of thiazole rings is 1. The van der Waals surface area contributed by atoms with E-state index < -0.39 is 0 Å². The highest BCUT2D eigenvalue weighted by atomic mass is 32.1. The third kappa shape index (κ3) is 3.73. The molecule has 0 fully saturated rings. The summed E-state index contributed by atoms with van der Waals surface area (Å²) in [6, 6.07) is 12.0. The number of benzene rings is 2. The number of allylic oxidation sites excluding steroid dienone is 1. The van der Waals surface area contributed by atoms with Crippen molar-refractivity contribution in [2.75, 3.05) is 13.2 Å². The molecule has 0 atom stereocenters. The van der Waals surface area contributed by atoms with Gasteiger partial charge in [0.25, 0.3) is 5.91 Å². The number of carbonyl (C=O) groups excluding carboxylic acids is 1. The molecule has 1 amide bonds. The van der Waals surface area contributed by atoms with Gasteiger partial charge in [0.2, 0.25) is 0 Å². The van der Waals surface area contributed by atoms with Crippen molar-refractivity contribution in [1.82, 2.24) is 4.57 Å². The molecule has 0 saturated carbocycles. The normalized spacial score (nSPS) is 13.7. The molecular weight excluding hydrogens is 372 g/mol. The molecule has 1 aliphatic rings. The largest absolute Gasteiger partial charge is 0.486 e. The number of hydrogen-bond acceptors (Lipinski definition) is 4. The number of ether oxygens (including phenoxy) is 2. The fourth-order valence-corrected chi connectivity index (χ4v) is 4.28. The Morgan fingerprint density at radius 3 is 2.54 bits per heavy atom. The van der Waals surface area contributed by atoms with Gasteiger partial charge in [-0.25, -0.2) is 0 Å². The number of aryl methyl sites for hydroxylation is 1. The zero-order chi connectivity index (χ0) is 19.5. The highest BCUT2D eigenvalue weighted by Crippen LogP contribution is 2.35. The SMILES string of the molecule is C=CCn1c(=NC(=O)Cc2ccc(CC)cc2)sc2cc3c(cc21)OCCO3. The maximum absolute atomic E-state index is 12.6. The molecule has 0 saturated heterocycles. The number of fused-ring (bicyclic) bond motifs is 2. The zero-order valence-electron chi connectivity index (χ0n) is 15.8. The molecule has 1 aliphatic heterocycles. The van der Waals surface area contributed by atoms with Gasteiger partial charge in [0, 0.05) is 18.7 Å². The maximum Gasteiger partial charge on any atom is 0.252 e. The van der Waals surface area contributed by atoms with Gasteiger partial charge in [0.05, 0.1) is 16.6 Å². The summed E-state index contributed by atoms with van der Waals surface area (Å²) in [5, 5.41) is 0. The molecule has 0 radical (unpaired) electrons. The van der Waals surface area contributed by atoms with Crippen molar-refractivity contribution in [1.29, 1.82) is 0 Å². The van der Waals surface area contributed by atoms with Crippen LogP contribution >= 0.6 is 11.3 Å². The Morgan fingerprint density at radius 2 is 1.86 bits per heavy atom. The van der Waals surface area contributed by atoms with Gasteiger partial charge in [-0.2, -0.15) is 4.99 Å². The van der Waals surface area contributed by atoms with Crippen molar-refractivity contribution < 1.29 is 14.3 Å². The number of hydrogen-bond donors (Lipinski definition) is 0. The second-order valence-electron chi connectivity index (χ2n) is 6.60. The Balaban J connectivity index is 1.70. The van der Waals surface area contributed by atoms with Crippen LogP contribution in [0.15, 0.2) is 54.0 Å². The topological polar surface area (TPSA) is 52.8 Å². The third-order valence-electron chi connectivity index (χ3n) is 4.67. The molecule has 2 aromatic carbocycles. The van der Waals surface area contributed by atoms with Crippen molar-refractivity contribution in [2.24, 2.45) is 4.99 Å². The van der Waals surface area contributed by atoms with Crippen LogP contribution in [0.3, 0.4) is 0 Å². The number of amides is 1. The fraction of sp³-hybridized carbons (Fsp3) is 0.273. The van der Waals surface area contributed by atoms with E-state index in [9.17, 15) is 4.79 Å². The number of nitrogens with zero attached hydrogens (tertiary/aromatic N) is 2. The Kier molecular flexibility index (Phi) is 5.30. The molecule has 144 valence electrons. The summed E-state index contributed by atoms with van der Waals surface area (Å²) < 4.78 is 14.4. The van der Waals surface area contributed by atoms with Gasteiger partial charge in [-0.15, -0.1) is 6.58 Å². The van der Waals surface area contributed by atoms with E-state index in [0.29, 0.717) is 24.6 Å². The predicted molar refractivity (Wildman–Crippen MR) is 111 cm³/mol. The summed E-state index contributed by atoms with van der Waals surface area (Å²) in [6.45, 7) is 7.60. The molecule has 0 aliphatic carbocycles. The molecular formula is C22H22N2O3S. The van der Waals surface area contributed by atoms with Crippen LogP contribution in [0.2, 0.25) is 0 Å². The van der Waals surface area contributed by atoms with Gasteiger partial charge in [0.1, 0.15) is 13.2 Å². The van der Waals surface area contributed by atoms with Gasteiger partial charge in [-0.1, -0.05) is 48.6 Å². The van der Waals surface area contributed by atoms with Crippen LogP contribution in [-0.2, 0) is 24.2 Å². The molecule has 0 spiro atoms. The van der Waals surface area contributed by atoms with Crippen LogP contribution in [0.5, 0.6) is 11.5 Å². The molecule has 1 aromatic heterocycles. The smallest absolute Gasteiger partial charge is 0.252 e. The van der Waals surface area contributed by atoms with Crippen LogP contribution in [0, 0.1) is 0 Å². The van der Waals surface area contributed by atoms with Gasteiger partial charge in [-0.3, -0.25) is 4.79 Å². The average molecular weight is 394 g/mol. The van der Waals surface area contributed by atoms with E-state index in [-0.39, 0.29) is 12.3 Å². The first-order valence-electron chi connectivity index (χ1n) is 9.37. The number of aromatic nitrogens is 1. The standard InChI is InChI=1S/C22H22N2O3S/c1-3-9-24-17-13-18-19(27-11-10-26-18)14-20(17)28-22(24)23-21(25)12-16-7-5-15(4-2)6-8-16/h3,5-8,13-14H,1,4,9-12H2,2H3. The third-order valence-corrected chi connectivity index (χ3v) is 5.71. The van der Waals surface area contributed by atoms with E-state index in [1.54, 1.807) is 6.08 Å².